The molecule has 3 unspecified atom stereocenters. The van der Waals surface area contributed by atoms with Gasteiger partial charge in [0.05, 0.1) is 5.41 Å². The van der Waals surface area contributed by atoms with Gasteiger partial charge in [-0.1, -0.05) is 34.6 Å². The number of carboxylic acids is 2. The molecule has 1 aliphatic rings. The maximum Gasteiger partial charge on any atom is 0.332 e. The van der Waals surface area contributed by atoms with Crippen molar-refractivity contribution >= 4 is 17.7 Å². The fourth-order valence-electron chi connectivity index (χ4n) is 3.45. The van der Waals surface area contributed by atoms with Gasteiger partial charge in [-0.25, -0.2) is 4.79 Å². The van der Waals surface area contributed by atoms with E-state index in [1.165, 1.54) is 0 Å². The SMILES string of the molecule is CCC(=O)C1(C(=O)O)NCC(C(=O)O)(C(C)(C)C)C1C. The fraction of sp³-hybridized carbons (Fsp3) is 0.786. The van der Waals surface area contributed by atoms with Crippen LogP contribution in [0.2, 0.25) is 0 Å². The van der Waals surface area contributed by atoms with Gasteiger partial charge in [-0.3, -0.25) is 14.9 Å². The summed E-state index contributed by atoms with van der Waals surface area (Å²) in [5.74, 6) is -3.71. The van der Waals surface area contributed by atoms with Gasteiger partial charge < -0.3 is 10.2 Å². The van der Waals surface area contributed by atoms with Gasteiger partial charge in [0.1, 0.15) is 0 Å². The fourth-order valence-corrected chi connectivity index (χ4v) is 3.45. The highest BCUT2D eigenvalue weighted by molar-refractivity contribution is 6.09. The first-order valence-corrected chi connectivity index (χ1v) is 6.73. The summed E-state index contributed by atoms with van der Waals surface area (Å²) in [6.45, 7) is 8.36. The van der Waals surface area contributed by atoms with Gasteiger partial charge in [0.2, 0.25) is 0 Å². The molecule has 0 aromatic heterocycles. The van der Waals surface area contributed by atoms with Gasteiger partial charge in [-0.2, -0.15) is 0 Å². The smallest absolute Gasteiger partial charge is 0.332 e. The van der Waals surface area contributed by atoms with Gasteiger partial charge in [-0.05, 0) is 5.41 Å². The normalized spacial score (nSPS) is 34.0. The van der Waals surface area contributed by atoms with Crippen LogP contribution in [0.25, 0.3) is 0 Å². The van der Waals surface area contributed by atoms with Crippen molar-refractivity contribution in [3.63, 3.8) is 0 Å². The molecule has 1 aliphatic heterocycles. The van der Waals surface area contributed by atoms with E-state index in [9.17, 15) is 24.6 Å². The van der Waals surface area contributed by atoms with Crippen LogP contribution < -0.4 is 5.32 Å². The van der Waals surface area contributed by atoms with Crippen molar-refractivity contribution in [2.75, 3.05) is 6.54 Å². The molecule has 1 rings (SSSR count). The Labute approximate surface area is 118 Å². The quantitative estimate of drug-likeness (QED) is 0.669. The van der Waals surface area contributed by atoms with Crippen LogP contribution in [0.15, 0.2) is 0 Å². The minimum Gasteiger partial charge on any atom is -0.481 e. The number of carboxylic acid groups (broad SMARTS) is 2. The second-order valence-electron chi connectivity index (χ2n) is 6.49. The molecule has 0 saturated carbocycles. The lowest BCUT2D eigenvalue weighted by molar-refractivity contribution is -0.162. The molecule has 0 aliphatic carbocycles. The number of hydrogen-bond donors (Lipinski definition) is 3. The zero-order chi connectivity index (χ0) is 15.9. The van der Waals surface area contributed by atoms with E-state index >= 15 is 0 Å². The average Bonchev–Trinajstić information content (AvgIpc) is 2.63. The van der Waals surface area contributed by atoms with E-state index in [1.54, 1.807) is 34.6 Å². The summed E-state index contributed by atoms with van der Waals surface area (Å²) < 4.78 is 0. The molecule has 0 aromatic rings. The van der Waals surface area contributed by atoms with E-state index in [0.717, 1.165) is 0 Å². The summed E-state index contributed by atoms with van der Waals surface area (Å²) in [7, 11) is 0. The molecule has 20 heavy (non-hydrogen) atoms. The van der Waals surface area contributed by atoms with Crippen molar-refractivity contribution < 1.29 is 24.6 Å². The van der Waals surface area contributed by atoms with E-state index < -0.39 is 40.0 Å². The molecule has 0 amide bonds. The number of carbonyl (C=O) groups is 3. The minimum absolute atomic E-state index is 0.0367. The zero-order valence-corrected chi connectivity index (χ0v) is 12.6. The number of hydrogen-bond acceptors (Lipinski definition) is 4. The largest absolute Gasteiger partial charge is 0.481 e. The van der Waals surface area contributed by atoms with Crippen LogP contribution in [0, 0.1) is 16.7 Å². The van der Waals surface area contributed by atoms with Crippen molar-refractivity contribution in [1.29, 1.82) is 0 Å². The Morgan fingerprint density at radius 2 is 1.70 bits per heavy atom. The predicted octanol–water partition coefficient (Wildman–Crippen LogP) is 1.15. The van der Waals surface area contributed by atoms with Crippen molar-refractivity contribution in [2.24, 2.45) is 16.7 Å². The summed E-state index contributed by atoms with van der Waals surface area (Å²) >= 11 is 0. The maximum atomic E-state index is 12.2. The molecule has 0 radical (unpaired) electrons. The highest BCUT2D eigenvalue weighted by atomic mass is 16.4. The lowest BCUT2D eigenvalue weighted by Gasteiger charge is -2.43. The second-order valence-corrected chi connectivity index (χ2v) is 6.49. The summed E-state index contributed by atoms with van der Waals surface area (Å²) in [5.41, 5.74) is -3.81. The molecule has 3 atom stereocenters. The van der Waals surface area contributed by atoms with Crippen LogP contribution in [0.3, 0.4) is 0 Å². The standard InChI is InChI=1S/C14H23NO5/c1-6-9(16)14(11(19)20)8(2)13(7-15-14,10(17)18)12(3,4)5/h8,15H,6-7H2,1-5H3,(H,17,18)(H,19,20). The topological polar surface area (TPSA) is 104 Å². The van der Waals surface area contributed by atoms with Crippen LogP contribution >= 0.6 is 0 Å². The zero-order valence-electron chi connectivity index (χ0n) is 12.6. The number of ketones is 1. The summed E-state index contributed by atoms with van der Waals surface area (Å²) in [4.78, 5) is 35.7. The molecule has 0 bridgehead atoms. The van der Waals surface area contributed by atoms with E-state index in [2.05, 4.69) is 5.32 Å². The third-order valence-electron chi connectivity index (χ3n) is 4.85. The van der Waals surface area contributed by atoms with Crippen molar-refractivity contribution in [3.05, 3.63) is 0 Å². The lowest BCUT2D eigenvalue weighted by atomic mass is 9.57. The molecule has 0 spiro atoms. The van der Waals surface area contributed by atoms with Crippen LogP contribution in [0.5, 0.6) is 0 Å². The number of nitrogens with one attached hydrogen (secondary N) is 1. The van der Waals surface area contributed by atoms with E-state index in [1.807, 2.05) is 0 Å². The Bertz CT molecular complexity index is 453. The lowest BCUT2D eigenvalue weighted by Crippen LogP contribution is -2.59. The molecule has 6 nitrogen and oxygen atoms in total. The molecule has 1 saturated heterocycles. The Morgan fingerprint density at radius 3 is 1.95 bits per heavy atom. The van der Waals surface area contributed by atoms with Crippen LogP contribution in [-0.2, 0) is 14.4 Å². The molecule has 0 aromatic carbocycles. The highest BCUT2D eigenvalue weighted by Crippen LogP contribution is 2.53. The second kappa shape index (κ2) is 4.84. The van der Waals surface area contributed by atoms with Crippen LogP contribution in [-0.4, -0.2) is 40.0 Å². The Kier molecular flexibility index (Phi) is 4.02. The molecule has 1 heterocycles. The summed E-state index contributed by atoms with van der Waals surface area (Å²) in [6.07, 6.45) is 0.0451. The monoisotopic (exact) mass is 285 g/mol. The van der Waals surface area contributed by atoms with Gasteiger partial charge in [0.15, 0.2) is 11.3 Å². The summed E-state index contributed by atoms with van der Waals surface area (Å²) in [5, 5.41) is 22.0. The first kappa shape index (κ1) is 16.6. The maximum absolute atomic E-state index is 12.2. The average molecular weight is 285 g/mol. The Hall–Kier alpha value is -1.43. The van der Waals surface area contributed by atoms with Crippen molar-refractivity contribution in [3.8, 4) is 0 Å². The molecular formula is C14H23NO5. The molecule has 114 valence electrons. The number of carbonyl (C=O) groups excluding carboxylic acids is 1. The number of Topliss-reactive ketones (excluding diaryl/α,β-unsaturated/α-hetero) is 1. The van der Waals surface area contributed by atoms with E-state index in [-0.39, 0.29) is 13.0 Å². The third kappa shape index (κ3) is 1.85. The Morgan fingerprint density at radius 1 is 1.20 bits per heavy atom. The van der Waals surface area contributed by atoms with Gasteiger partial charge in [0, 0.05) is 18.9 Å². The minimum atomic E-state index is -1.82. The van der Waals surface area contributed by atoms with E-state index in [4.69, 9.17) is 0 Å². The highest BCUT2D eigenvalue weighted by Gasteiger charge is 2.68. The molecule has 6 heteroatoms. The molecule has 1 fully saturated rings. The first-order valence-electron chi connectivity index (χ1n) is 6.73. The number of aliphatic carboxylic acids is 2. The first-order chi connectivity index (χ1) is 8.98. The van der Waals surface area contributed by atoms with Crippen LogP contribution in [0.4, 0.5) is 0 Å². The summed E-state index contributed by atoms with van der Waals surface area (Å²) in [6, 6.07) is 0. The van der Waals surface area contributed by atoms with Gasteiger partial charge in [-0.15, -0.1) is 0 Å². The van der Waals surface area contributed by atoms with E-state index in [0.29, 0.717) is 0 Å². The molecule has 3 N–H and O–H groups in total. The van der Waals surface area contributed by atoms with Gasteiger partial charge >= 0.3 is 11.9 Å². The molecular weight excluding hydrogens is 262 g/mol. The Balaban J connectivity index is 3.50. The predicted molar refractivity (Wildman–Crippen MR) is 72.4 cm³/mol. The number of rotatable bonds is 4. The van der Waals surface area contributed by atoms with Crippen LogP contribution in [0.1, 0.15) is 41.0 Å². The van der Waals surface area contributed by atoms with Crippen molar-refractivity contribution in [2.45, 2.75) is 46.6 Å². The third-order valence-corrected chi connectivity index (χ3v) is 4.85. The van der Waals surface area contributed by atoms with Gasteiger partial charge in [0.25, 0.3) is 0 Å². The van der Waals surface area contributed by atoms with Crippen molar-refractivity contribution in [1.82, 2.24) is 5.32 Å².